The molecule has 0 spiro atoms. The third-order valence-electron chi connectivity index (χ3n) is 3.99. The molecule has 4 N–H and O–H groups in total. The molecule has 2 aromatic carbocycles. The third-order valence-corrected chi connectivity index (χ3v) is 4.22. The molecule has 0 aromatic heterocycles. The maximum absolute atomic E-state index is 12.4. The number of carbonyl (C=O) groups is 2. The summed E-state index contributed by atoms with van der Waals surface area (Å²) in [7, 11) is 0. The number of carbonyl (C=O) groups excluding carboxylic acids is 2. The van der Waals surface area contributed by atoms with Crippen molar-refractivity contribution in [3.63, 3.8) is 0 Å². The van der Waals surface area contributed by atoms with Gasteiger partial charge in [-0.3, -0.25) is 4.79 Å². The quantitative estimate of drug-likeness (QED) is 0.783. The summed E-state index contributed by atoms with van der Waals surface area (Å²) in [4.78, 5) is 23.2. The van der Waals surface area contributed by atoms with E-state index in [-0.39, 0.29) is 11.8 Å². The van der Waals surface area contributed by atoms with Crippen LogP contribution >= 0.6 is 11.6 Å². The number of benzene rings is 2. The summed E-state index contributed by atoms with van der Waals surface area (Å²) < 4.78 is 5.65. The molecule has 0 unspecified atom stereocenters. The van der Waals surface area contributed by atoms with Crippen molar-refractivity contribution in [3.8, 4) is 5.75 Å². The van der Waals surface area contributed by atoms with Gasteiger partial charge in [-0.1, -0.05) is 23.7 Å². The highest BCUT2D eigenvalue weighted by atomic mass is 35.5. The number of nitrogens with one attached hydrogen (secondary N) is 2. The molecule has 3 amide bonds. The van der Waals surface area contributed by atoms with Gasteiger partial charge in [0.15, 0.2) is 0 Å². The van der Waals surface area contributed by atoms with Crippen LogP contribution in [0.25, 0.3) is 0 Å². The van der Waals surface area contributed by atoms with Crippen LogP contribution in [0.3, 0.4) is 0 Å². The normalized spacial score (nSPS) is 15.6. The van der Waals surface area contributed by atoms with Gasteiger partial charge in [-0.25, -0.2) is 4.79 Å². The topological polar surface area (TPSA) is 93.5 Å². The van der Waals surface area contributed by atoms with Crippen molar-refractivity contribution >= 4 is 29.2 Å². The highest BCUT2D eigenvalue weighted by Crippen LogP contribution is 2.29. The summed E-state index contributed by atoms with van der Waals surface area (Å²) in [6.07, 6.45) is 0.600. The molecule has 130 valence electrons. The lowest BCUT2D eigenvalue weighted by molar-refractivity contribution is -0.126. The number of anilines is 1. The molecule has 2 aromatic rings. The van der Waals surface area contributed by atoms with Gasteiger partial charge in [-0.2, -0.15) is 0 Å². The lowest BCUT2D eigenvalue weighted by atomic mass is 9.96. The highest BCUT2D eigenvalue weighted by molar-refractivity contribution is 6.30. The number of halogens is 1. The molecule has 0 aliphatic carbocycles. The molecule has 6 nitrogen and oxygen atoms in total. The van der Waals surface area contributed by atoms with Gasteiger partial charge in [0.1, 0.15) is 12.4 Å². The van der Waals surface area contributed by atoms with E-state index in [0.717, 1.165) is 16.9 Å². The van der Waals surface area contributed by atoms with Gasteiger partial charge in [0.25, 0.3) is 0 Å². The van der Waals surface area contributed by atoms with Crippen molar-refractivity contribution in [2.75, 3.05) is 11.9 Å². The van der Waals surface area contributed by atoms with Gasteiger partial charge in [-0.15, -0.1) is 0 Å². The number of hydrogen-bond acceptors (Lipinski definition) is 3. The van der Waals surface area contributed by atoms with E-state index in [1.807, 2.05) is 24.3 Å². The minimum atomic E-state index is -0.612. The molecule has 0 saturated carbocycles. The van der Waals surface area contributed by atoms with Crippen LogP contribution in [-0.2, 0) is 17.8 Å². The zero-order chi connectivity index (χ0) is 17.8. The second-order valence-corrected chi connectivity index (χ2v) is 6.30. The lowest BCUT2D eigenvalue weighted by Crippen LogP contribution is -2.37. The van der Waals surface area contributed by atoms with Gasteiger partial charge < -0.3 is 21.1 Å². The van der Waals surface area contributed by atoms with E-state index in [0.29, 0.717) is 30.3 Å². The number of fused-ring (bicyclic) bond motifs is 1. The molecule has 0 fully saturated rings. The van der Waals surface area contributed by atoms with Crippen LogP contribution in [0.1, 0.15) is 11.1 Å². The number of primary amides is 1. The Morgan fingerprint density at radius 2 is 1.96 bits per heavy atom. The smallest absolute Gasteiger partial charge is 0.316 e. The number of ether oxygens (including phenoxy) is 1. The van der Waals surface area contributed by atoms with Crippen LogP contribution in [0.4, 0.5) is 10.5 Å². The SMILES string of the molecule is NC(=O)Nc1ccc(CNC(=O)[C@@H]2COc3ccc(Cl)cc3C2)cc1. The van der Waals surface area contributed by atoms with Gasteiger partial charge in [-0.05, 0) is 47.9 Å². The average Bonchev–Trinajstić information content (AvgIpc) is 2.59. The second-order valence-electron chi connectivity index (χ2n) is 5.87. The summed E-state index contributed by atoms with van der Waals surface area (Å²) in [5, 5.41) is 6.03. The minimum absolute atomic E-state index is 0.0648. The second kappa shape index (κ2) is 7.44. The predicted octanol–water partition coefficient (Wildman–Crippen LogP) is 2.70. The van der Waals surface area contributed by atoms with Gasteiger partial charge in [0.05, 0.1) is 5.92 Å². The maximum Gasteiger partial charge on any atom is 0.316 e. The van der Waals surface area contributed by atoms with E-state index in [1.165, 1.54) is 0 Å². The van der Waals surface area contributed by atoms with Gasteiger partial charge >= 0.3 is 6.03 Å². The van der Waals surface area contributed by atoms with E-state index >= 15 is 0 Å². The Bertz CT molecular complexity index is 793. The Morgan fingerprint density at radius 3 is 2.68 bits per heavy atom. The number of amides is 3. The first-order chi connectivity index (χ1) is 12.0. The monoisotopic (exact) mass is 359 g/mol. The van der Waals surface area contributed by atoms with Crippen molar-refractivity contribution in [1.82, 2.24) is 5.32 Å². The summed E-state index contributed by atoms with van der Waals surface area (Å²) >= 11 is 6.00. The Morgan fingerprint density at radius 1 is 1.20 bits per heavy atom. The van der Waals surface area contributed by atoms with Crippen molar-refractivity contribution < 1.29 is 14.3 Å². The fourth-order valence-electron chi connectivity index (χ4n) is 2.71. The van der Waals surface area contributed by atoms with Crippen LogP contribution in [0.2, 0.25) is 5.02 Å². The Balaban J connectivity index is 1.55. The maximum atomic E-state index is 12.4. The van der Waals surface area contributed by atoms with Crippen molar-refractivity contribution in [1.29, 1.82) is 0 Å². The number of nitrogens with two attached hydrogens (primary N) is 1. The molecular weight excluding hydrogens is 342 g/mol. The Labute approximate surface area is 150 Å². The van der Waals surface area contributed by atoms with Crippen LogP contribution in [0.5, 0.6) is 5.75 Å². The molecular formula is C18H18ClN3O3. The third kappa shape index (κ3) is 4.42. The van der Waals surface area contributed by atoms with Gasteiger partial charge in [0.2, 0.25) is 5.91 Å². The molecule has 25 heavy (non-hydrogen) atoms. The van der Waals surface area contributed by atoms with E-state index in [1.54, 1.807) is 18.2 Å². The fraction of sp³-hybridized carbons (Fsp3) is 0.222. The molecule has 1 aliphatic heterocycles. The van der Waals surface area contributed by atoms with Crippen molar-refractivity contribution in [2.45, 2.75) is 13.0 Å². The number of rotatable bonds is 4. The highest BCUT2D eigenvalue weighted by Gasteiger charge is 2.25. The summed E-state index contributed by atoms with van der Waals surface area (Å²) in [6.45, 7) is 0.747. The molecule has 0 saturated heterocycles. The van der Waals surface area contributed by atoms with Crippen LogP contribution in [0, 0.1) is 5.92 Å². The number of urea groups is 1. The first-order valence-electron chi connectivity index (χ1n) is 7.85. The lowest BCUT2D eigenvalue weighted by Gasteiger charge is -2.24. The zero-order valence-electron chi connectivity index (χ0n) is 13.4. The van der Waals surface area contributed by atoms with Crippen molar-refractivity contribution in [2.24, 2.45) is 11.7 Å². The van der Waals surface area contributed by atoms with E-state index < -0.39 is 6.03 Å². The summed E-state index contributed by atoms with van der Waals surface area (Å²) in [5.41, 5.74) is 7.53. The fourth-order valence-corrected chi connectivity index (χ4v) is 2.91. The predicted molar refractivity (Wildman–Crippen MR) is 95.6 cm³/mol. The van der Waals surface area contributed by atoms with E-state index in [4.69, 9.17) is 22.1 Å². The Kier molecular flexibility index (Phi) is 5.09. The summed E-state index contributed by atoms with van der Waals surface area (Å²) in [6, 6.07) is 11.9. The van der Waals surface area contributed by atoms with Crippen LogP contribution < -0.4 is 21.1 Å². The van der Waals surface area contributed by atoms with Crippen LogP contribution in [-0.4, -0.2) is 18.5 Å². The number of hydrogen-bond donors (Lipinski definition) is 3. The molecule has 0 radical (unpaired) electrons. The first-order valence-corrected chi connectivity index (χ1v) is 8.23. The molecule has 1 aliphatic rings. The van der Waals surface area contributed by atoms with Crippen LogP contribution in [0.15, 0.2) is 42.5 Å². The van der Waals surface area contributed by atoms with E-state index in [2.05, 4.69) is 10.6 Å². The summed E-state index contributed by atoms with van der Waals surface area (Å²) in [5.74, 6) is 0.470. The largest absolute Gasteiger partial charge is 0.492 e. The molecule has 0 bridgehead atoms. The zero-order valence-corrected chi connectivity index (χ0v) is 14.2. The first kappa shape index (κ1) is 17.1. The van der Waals surface area contributed by atoms with Gasteiger partial charge in [0, 0.05) is 17.3 Å². The molecule has 3 rings (SSSR count). The van der Waals surface area contributed by atoms with E-state index in [9.17, 15) is 9.59 Å². The standard InChI is InChI=1S/C18H18ClN3O3/c19-14-3-6-16-12(8-14)7-13(10-25-16)17(23)21-9-11-1-4-15(5-2-11)22-18(20)24/h1-6,8,13H,7,9-10H2,(H,21,23)(H3,20,22,24)/t13-/m0/s1. The minimum Gasteiger partial charge on any atom is -0.492 e. The molecule has 7 heteroatoms. The average molecular weight is 360 g/mol. The van der Waals surface area contributed by atoms with Crippen molar-refractivity contribution in [3.05, 3.63) is 58.6 Å². The molecule has 1 heterocycles. The Hall–Kier alpha value is -2.73. The molecule has 1 atom stereocenters.